The van der Waals surface area contributed by atoms with E-state index in [1.54, 1.807) is 6.92 Å². The summed E-state index contributed by atoms with van der Waals surface area (Å²) in [6.45, 7) is 1.68. The van der Waals surface area contributed by atoms with Crippen molar-refractivity contribution in [1.29, 1.82) is 0 Å². The molecule has 1 atom stereocenters. The molecule has 3 aliphatic rings. The third kappa shape index (κ3) is 0.413. The molecule has 0 radical (unpaired) electrons. The summed E-state index contributed by atoms with van der Waals surface area (Å²) in [5, 5.41) is 18.6. The van der Waals surface area contributed by atoms with Gasteiger partial charge in [-0.05, 0) is 31.6 Å². The Hall–Kier alpha value is -0.0800. The Balaban J connectivity index is 2.10. The van der Waals surface area contributed by atoms with Crippen LogP contribution in [0.3, 0.4) is 0 Å². The predicted molar refractivity (Wildman–Crippen MR) is 32.8 cm³/mol. The van der Waals surface area contributed by atoms with E-state index in [2.05, 4.69) is 0 Å². The molecule has 0 heterocycles. The zero-order valence-electron chi connectivity index (χ0n) is 5.54. The zero-order valence-corrected chi connectivity index (χ0v) is 5.54. The van der Waals surface area contributed by atoms with Crippen LogP contribution in [-0.4, -0.2) is 21.9 Å². The molecule has 0 aromatic rings. The summed E-state index contributed by atoms with van der Waals surface area (Å²) in [4.78, 5) is 0. The lowest BCUT2D eigenvalue weighted by Gasteiger charge is -2.65. The van der Waals surface area contributed by atoms with Gasteiger partial charge in [0.2, 0.25) is 0 Å². The third-order valence-electron chi connectivity index (χ3n) is 3.12. The van der Waals surface area contributed by atoms with Gasteiger partial charge >= 0.3 is 0 Å². The maximum atomic E-state index is 9.56. The van der Waals surface area contributed by atoms with Crippen LogP contribution >= 0.6 is 0 Å². The molecular formula is C7H12O2. The summed E-state index contributed by atoms with van der Waals surface area (Å²) >= 11 is 0. The van der Waals surface area contributed by atoms with Gasteiger partial charge in [-0.25, -0.2) is 0 Å². The van der Waals surface area contributed by atoms with Crippen LogP contribution in [-0.2, 0) is 0 Å². The molecular weight excluding hydrogens is 116 g/mol. The minimum atomic E-state index is -0.667. The van der Waals surface area contributed by atoms with Crippen LogP contribution in [0.5, 0.6) is 0 Å². The third-order valence-corrected chi connectivity index (χ3v) is 3.12. The molecule has 0 aromatic carbocycles. The minimum absolute atomic E-state index is 0.419. The first-order chi connectivity index (χ1) is 4.15. The Morgan fingerprint density at radius 1 is 1.44 bits per heavy atom. The van der Waals surface area contributed by atoms with Crippen molar-refractivity contribution < 1.29 is 10.2 Å². The summed E-state index contributed by atoms with van der Waals surface area (Å²) in [6.07, 6.45) is 1.76. The fourth-order valence-electron chi connectivity index (χ4n) is 2.07. The largest absolute Gasteiger partial charge is 0.390 e. The van der Waals surface area contributed by atoms with Crippen molar-refractivity contribution in [3.8, 4) is 0 Å². The van der Waals surface area contributed by atoms with E-state index in [1.165, 1.54) is 0 Å². The van der Waals surface area contributed by atoms with Gasteiger partial charge in [0.15, 0.2) is 0 Å². The number of rotatable bonds is 1. The van der Waals surface area contributed by atoms with Crippen LogP contribution in [0.2, 0.25) is 0 Å². The van der Waals surface area contributed by atoms with E-state index in [0.29, 0.717) is 11.8 Å². The smallest absolute Gasteiger partial charge is 0.0958 e. The molecule has 2 N–H and O–H groups in total. The molecule has 2 nitrogen and oxygen atoms in total. The fourth-order valence-corrected chi connectivity index (χ4v) is 2.07. The standard InChI is InChI=1S/C7H12O2/c1-4(8)7(9)5-2-6(7)3-5/h4-6,8-9H,2-3H2,1H3. The van der Waals surface area contributed by atoms with Crippen LogP contribution in [0, 0.1) is 11.8 Å². The fraction of sp³-hybridized carbons (Fsp3) is 1.00. The van der Waals surface area contributed by atoms with Crippen LogP contribution in [0.15, 0.2) is 0 Å². The first-order valence-corrected chi connectivity index (χ1v) is 3.56. The number of hydrogen-bond acceptors (Lipinski definition) is 2. The molecule has 3 rings (SSSR count). The maximum Gasteiger partial charge on any atom is 0.0958 e. The van der Waals surface area contributed by atoms with E-state index < -0.39 is 11.7 Å². The molecule has 9 heavy (non-hydrogen) atoms. The van der Waals surface area contributed by atoms with Crippen molar-refractivity contribution >= 4 is 0 Å². The highest BCUT2D eigenvalue weighted by Gasteiger charge is 2.66. The Morgan fingerprint density at radius 3 is 1.89 bits per heavy atom. The van der Waals surface area contributed by atoms with E-state index in [0.717, 1.165) is 12.8 Å². The second kappa shape index (κ2) is 1.32. The van der Waals surface area contributed by atoms with Gasteiger partial charge in [0.25, 0.3) is 0 Å². The van der Waals surface area contributed by atoms with E-state index in [4.69, 9.17) is 5.11 Å². The van der Waals surface area contributed by atoms with Crippen LogP contribution in [0.25, 0.3) is 0 Å². The van der Waals surface area contributed by atoms with E-state index in [1.807, 2.05) is 0 Å². The maximum absolute atomic E-state index is 9.56. The minimum Gasteiger partial charge on any atom is -0.390 e. The SMILES string of the molecule is CC(O)C1(O)C2CC1C2. The van der Waals surface area contributed by atoms with Gasteiger partial charge in [-0.1, -0.05) is 0 Å². The van der Waals surface area contributed by atoms with Crippen molar-refractivity contribution in [3.63, 3.8) is 0 Å². The Kier molecular flexibility index (Phi) is 0.837. The van der Waals surface area contributed by atoms with Crippen molar-refractivity contribution in [2.24, 2.45) is 11.8 Å². The Labute approximate surface area is 54.5 Å². The van der Waals surface area contributed by atoms with Crippen molar-refractivity contribution in [2.75, 3.05) is 0 Å². The summed E-state index contributed by atoms with van der Waals surface area (Å²) < 4.78 is 0. The molecule has 3 fully saturated rings. The molecule has 3 aliphatic carbocycles. The average molecular weight is 128 g/mol. The summed E-state index contributed by atoms with van der Waals surface area (Å²) in [5.41, 5.74) is -0.667. The molecule has 1 unspecified atom stereocenters. The highest BCUT2D eigenvalue weighted by atomic mass is 16.3. The first-order valence-electron chi connectivity index (χ1n) is 3.56. The van der Waals surface area contributed by atoms with Crippen LogP contribution < -0.4 is 0 Å². The summed E-state index contributed by atoms with van der Waals surface area (Å²) in [5.74, 6) is 0.838. The monoisotopic (exact) mass is 128 g/mol. The zero-order chi connectivity index (χ0) is 6.65. The second-order valence-electron chi connectivity index (χ2n) is 3.43. The predicted octanol–water partition coefficient (Wildman–Crippen LogP) is 0.138. The second-order valence-corrected chi connectivity index (χ2v) is 3.43. The van der Waals surface area contributed by atoms with Gasteiger partial charge in [0, 0.05) is 0 Å². The Morgan fingerprint density at radius 2 is 1.89 bits per heavy atom. The molecule has 0 aromatic heterocycles. The molecule has 3 saturated carbocycles. The highest BCUT2D eigenvalue weighted by Crippen LogP contribution is 2.62. The molecule has 0 spiro atoms. The molecule has 52 valence electrons. The first kappa shape index (κ1) is 5.69. The normalized spacial score (nSPS) is 57.7. The average Bonchev–Trinajstić information content (AvgIpc) is 1.57. The Bertz CT molecular complexity index is 122. The lowest BCUT2D eigenvalue weighted by atomic mass is 9.43. The number of hydrogen-bond donors (Lipinski definition) is 2. The van der Waals surface area contributed by atoms with Crippen LogP contribution in [0.4, 0.5) is 0 Å². The van der Waals surface area contributed by atoms with E-state index in [-0.39, 0.29) is 0 Å². The summed E-state index contributed by atoms with van der Waals surface area (Å²) in [6, 6.07) is 0. The number of aliphatic hydroxyl groups is 2. The topological polar surface area (TPSA) is 40.5 Å². The number of aliphatic hydroxyl groups excluding tert-OH is 1. The van der Waals surface area contributed by atoms with Crippen LogP contribution in [0.1, 0.15) is 19.8 Å². The summed E-state index contributed by atoms with van der Waals surface area (Å²) in [7, 11) is 0. The lowest BCUT2D eigenvalue weighted by Crippen LogP contribution is -2.71. The molecule has 2 bridgehead atoms. The van der Waals surface area contributed by atoms with Gasteiger partial charge in [0.1, 0.15) is 0 Å². The molecule has 0 saturated heterocycles. The lowest BCUT2D eigenvalue weighted by molar-refractivity contribution is -0.287. The molecule has 0 amide bonds. The van der Waals surface area contributed by atoms with E-state index >= 15 is 0 Å². The van der Waals surface area contributed by atoms with Crippen molar-refractivity contribution in [1.82, 2.24) is 0 Å². The molecule has 0 aliphatic heterocycles. The van der Waals surface area contributed by atoms with Crippen molar-refractivity contribution in [2.45, 2.75) is 31.5 Å². The van der Waals surface area contributed by atoms with Gasteiger partial charge in [-0.15, -0.1) is 0 Å². The van der Waals surface area contributed by atoms with Gasteiger partial charge in [-0.3, -0.25) is 0 Å². The van der Waals surface area contributed by atoms with Gasteiger partial charge in [0.05, 0.1) is 11.7 Å². The van der Waals surface area contributed by atoms with Crippen molar-refractivity contribution in [3.05, 3.63) is 0 Å². The van der Waals surface area contributed by atoms with E-state index in [9.17, 15) is 5.11 Å². The van der Waals surface area contributed by atoms with Gasteiger partial charge < -0.3 is 10.2 Å². The molecule has 2 heteroatoms. The highest BCUT2D eigenvalue weighted by molar-refractivity contribution is 5.16. The van der Waals surface area contributed by atoms with Gasteiger partial charge in [-0.2, -0.15) is 0 Å². The quantitative estimate of drug-likeness (QED) is 0.527.